The summed E-state index contributed by atoms with van der Waals surface area (Å²) in [5.74, 6) is 0.0143. The molecule has 0 bridgehead atoms. The molecule has 7 heteroatoms. The zero-order valence-corrected chi connectivity index (χ0v) is 35.9. The van der Waals surface area contributed by atoms with Crippen LogP contribution in [0, 0.1) is 6.92 Å². The van der Waals surface area contributed by atoms with Crippen molar-refractivity contribution in [2.45, 2.75) is 182 Å². The van der Waals surface area contributed by atoms with Crippen LogP contribution in [0.3, 0.4) is 0 Å². The van der Waals surface area contributed by atoms with Gasteiger partial charge >= 0.3 is 0 Å². The summed E-state index contributed by atoms with van der Waals surface area (Å²) >= 11 is 3.53. The summed E-state index contributed by atoms with van der Waals surface area (Å²) in [7, 11) is 0. The molecule has 3 aromatic rings. The van der Waals surface area contributed by atoms with Crippen molar-refractivity contribution in [2.75, 3.05) is 13.1 Å². The Balaban J connectivity index is 1.20. The fraction of sp³-hybridized carbons (Fsp3) is 0.638. The van der Waals surface area contributed by atoms with E-state index < -0.39 is 0 Å². The van der Waals surface area contributed by atoms with Gasteiger partial charge in [0.2, 0.25) is 0 Å². The maximum Gasteiger partial charge on any atom is 0.277 e. The molecule has 5 heterocycles. The molecular formula is C47H69N3O2S2. The number of unbranched alkanes of at least 4 members (excludes halogenated alkanes) is 22. The standard InChI is InChI=1S/C47H69N3O2S2/c1-5-7-9-11-13-15-17-19-21-23-25-27-33-49-37(4)38-35-39-43(48-44(38)47(49)52)45(42-32-31-41(54-42)40-30-29-36(3)53-40)50(46(39)51)34-28-26-24-22-20-18-16-14-12-10-8-6-2/h29-32,35H,5-28,33-34H2,1-4H3. The van der Waals surface area contributed by atoms with Gasteiger partial charge in [0, 0.05) is 38.6 Å². The van der Waals surface area contributed by atoms with E-state index in [2.05, 4.69) is 45.0 Å². The number of hydrogen-bond donors (Lipinski definition) is 0. The number of pyridine rings is 1. The molecule has 0 aliphatic carbocycles. The normalized spacial score (nSPS) is 13.9. The Morgan fingerprint density at radius 3 is 1.46 bits per heavy atom. The monoisotopic (exact) mass is 771 g/mol. The largest absolute Gasteiger partial charge is 0.310 e. The highest BCUT2D eigenvalue weighted by Crippen LogP contribution is 2.37. The maximum atomic E-state index is 14.2. The van der Waals surface area contributed by atoms with Crippen LogP contribution in [0.5, 0.6) is 0 Å². The lowest BCUT2D eigenvalue weighted by molar-refractivity contribution is 0.0830. The number of aryl methyl sites for hydroxylation is 1. The van der Waals surface area contributed by atoms with Gasteiger partial charge in [-0.15, -0.1) is 22.7 Å². The van der Waals surface area contributed by atoms with Gasteiger partial charge in [-0.25, -0.2) is 4.98 Å². The second kappa shape index (κ2) is 22.7. The minimum atomic E-state index is -0.0134. The molecule has 3 aromatic heterocycles. The molecule has 0 atom stereocenters. The SMILES string of the molecule is CCCCCCCCCCCCCCN1C(=O)c2nc3c(cc2=C1C)C(=O)N(CCCCCCCCCCCCCC)C=3c1ccc(-c2ccc(C)s2)s1. The molecule has 54 heavy (non-hydrogen) atoms. The first-order valence-electron chi connectivity index (χ1n) is 22.0. The van der Waals surface area contributed by atoms with Crippen molar-refractivity contribution in [3.05, 3.63) is 61.9 Å². The lowest BCUT2D eigenvalue weighted by atomic mass is 10.1. The first kappa shape index (κ1) is 42.4. The molecule has 0 N–H and O–H groups in total. The van der Waals surface area contributed by atoms with Crippen molar-refractivity contribution in [2.24, 2.45) is 0 Å². The van der Waals surface area contributed by atoms with Gasteiger partial charge in [-0.05, 0) is 57.0 Å². The first-order valence-corrected chi connectivity index (χ1v) is 23.6. The van der Waals surface area contributed by atoms with Crippen molar-refractivity contribution in [1.82, 2.24) is 14.8 Å². The Bertz CT molecular complexity index is 1750. The highest BCUT2D eigenvalue weighted by Gasteiger charge is 2.35. The highest BCUT2D eigenvalue weighted by molar-refractivity contribution is 7.22. The number of carbonyl (C=O) groups excluding carboxylic acids is 2. The fourth-order valence-electron chi connectivity index (χ4n) is 8.21. The molecule has 5 nitrogen and oxygen atoms in total. The van der Waals surface area contributed by atoms with Crippen molar-refractivity contribution >= 4 is 45.9 Å². The first-order chi connectivity index (χ1) is 26.4. The number of aromatic nitrogens is 1. The Morgan fingerprint density at radius 2 is 0.963 bits per heavy atom. The van der Waals surface area contributed by atoms with Gasteiger partial charge in [0.15, 0.2) is 0 Å². The topological polar surface area (TPSA) is 53.5 Å². The van der Waals surface area contributed by atoms with Gasteiger partial charge in [0.05, 0.1) is 16.1 Å². The Labute approximate surface area is 335 Å². The average molecular weight is 772 g/mol. The van der Waals surface area contributed by atoms with Crippen LogP contribution < -0.4 is 10.6 Å². The summed E-state index contributed by atoms with van der Waals surface area (Å²) in [5.41, 5.74) is 2.97. The van der Waals surface area contributed by atoms with E-state index in [0.29, 0.717) is 29.7 Å². The number of hydrogen-bond acceptors (Lipinski definition) is 5. The van der Waals surface area contributed by atoms with Gasteiger partial charge < -0.3 is 9.80 Å². The van der Waals surface area contributed by atoms with Crippen LogP contribution >= 0.6 is 22.7 Å². The van der Waals surface area contributed by atoms with Gasteiger partial charge in [0.25, 0.3) is 11.8 Å². The Kier molecular flexibility index (Phi) is 17.8. The maximum absolute atomic E-state index is 14.2. The van der Waals surface area contributed by atoms with Crippen LogP contribution in [0.15, 0.2) is 30.3 Å². The molecule has 296 valence electrons. The molecule has 2 amide bonds. The molecule has 5 rings (SSSR count). The third-order valence-corrected chi connectivity index (χ3v) is 13.8. The third-order valence-electron chi connectivity index (χ3n) is 11.5. The molecule has 2 aliphatic rings. The van der Waals surface area contributed by atoms with E-state index in [1.807, 2.05) is 22.8 Å². The summed E-state index contributed by atoms with van der Waals surface area (Å²) in [6.45, 7) is 10.1. The molecule has 0 spiro atoms. The number of fused-ring (bicyclic) bond motifs is 2. The van der Waals surface area contributed by atoms with Gasteiger partial charge in [0.1, 0.15) is 11.0 Å². The average Bonchev–Trinajstić information content (AvgIpc) is 3.94. The lowest BCUT2D eigenvalue weighted by Gasteiger charge is -2.20. The van der Waals surface area contributed by atoms with Gasteiger partial charge in [-0.2, -0.15) is 0 Å². The second-order valence-corrected chi connectivity index (χ2v) is 18.4. The van der Waals surface area contributed by atoms with Crippen LogP contribution in [0.25, 0.3) is 21.1 Å². The van der Waals surface area contributed by atoms with E-state index in [4.69, 9.17) is 4.98 Å². The Hall–Kier alpha value is -2.77. The zero-order valence-electron chi connectivity index (χ0n) is 34.2. The summed E-state index contributed by atoms with van der Waals surface area (Å²) in [4.78, 5) is 41.9. The fourth-order valence-corrected chi connectivity index (χ4v) is 10.2. The van der Waals surface area contributed by atoms with Crippen molar-refractivity contribution < 1.29 is 9.59 Å². The Morgan fingerprint density at radius 1 is 0.519 bits per heavy atom. The second-order valence-electron chi connectivity index (χ2n) is 16.0. The van der Waals surface area contributed by atoms with Crippen molar-refractivity contribution in [3.63, 3.8) is 0 Å². The molecular weight excluding hydrogens is 703 g/mol. The molecule has 0 radical (unpaired) electrons. The van der Waals surface area contributed by atoms with Crippen molar-refractivity contribution in [1.29, 1.82) is 0 Å². The molecule has 0 saturated heterocycles. The summed E-state index contributed by atoms with van der Waals surface area (Å²) < 4.78 is 0. The minimum Gasteiger partial charge on any atom is -0.310 e. The van der Waals surface area contributed by atoms with E-state index in [1.54, 1.807) is 22.7 Å². The molecule has 0 aromatic carbocycles. The van der Waals surface area contributed by atoms with E-state index >= 15 is 0 Å². The van der Waals surface area contributed by atoms with Crippen molar-refractivity contribution in [3.8, 4) is 9.75 Å². The predicted octanol–water partition coefficient (Wildman–Crippen LogP) is 12.8. The predicted molar refractivity (Wildman–Crippen MR) is 232 cm³/mol. The highest BCUT2D eigenvalue weighted by atomic mass is 32.1. The summed E-state index contributed by atoms with van der Waals surface area (Å²) in [5, 5.41) is 1.51. The summed E-state index contributed by atoms with van der Waals surface area (Å²) in [6, 6.07) is 10.7. The van der Waals surface area contributed by atoms with Crippen LogP contribution in [-0.4, -0.2) is 39.7 Å². The van der Waals surface area contributed by atoms with Crippen LogP contribution in [-0.2, 0) is 0 Å². The number of nitrogens with zero attached hydrogens (tertiary/aromatic N) is 3. The minimum absolute atomic E-state index is 0.0134. The smallest absolute Gasteiger partial charge is 0.277 e. The van der Waals surface area contributed by atoms with E-state index in [0.717, 1.165) is 47.2 Å². The summed E-state index contributed by atoms with van der Waals surface area (Å²) in [6.07, 6.45) is 31.0. The molecule has 0 saturated carbocycles. The van der Waals surface area contributed by atoms with Gasteiger partial charge in [-0.3, -0.25) is 9.59 Å². The zero-order chi connectivity index (χ0) is 38.1. The molecule has 2 aliphatic heterocycles. The number of thiophene rings is 2. The molecule has 0 fully saturated rings. The van der Waals surface area contributed by atoms with E-state index in [9.17, 15) is 9.59 Å². The number of carbonyl (C=O) groups is 2. The lowest BCUT2D eigenvalue weighted by Crippen LogP contribution is -2.28. The third kappa shape index (κ3) is 11.6. The molecule has 0 unspecified atom stereocenters. The van der Waals surface area contributed by atoms with Crippen LogP contribution in [0.2, 0.25) is 0 Å². The van der Waals surface area contributed by atoms with E-state index in [-0.39, 0.29) is 11.8 Å². The van der Waals surface area contributed by atoms with E-state index in [1.165, 1.54) is 143 Å². The van der Waals surface area contributed by atoms with Gasteiger partial charge in [-0.1, -0.05) is 155 Å². The number of rotatable bonds is 28. The van der Waals surface area contributed by atoms with Crippen LogP contribution in [0.4, 0.5) is 0 Å². The van der Waals surface area contributed by atoms with Crippen LogP contribution in [0.1, 0.15) is 205 Å². The number of amides is 2. The quantitative estimate of drug-likeness (QED) is 0.0691.